The fourth-order valence-corrected chi connectivity index (χ4v) is 5.58. The third-order valence-electron chi connectivity index (χ3n) is 7.18. The van der Waals surface area contributed by atoms with E-state index in [4.69, 9.17) is 4.74 Å². The van der Waals surface area contributed by atoms with Gasteiger partial charge in [-0.2, -0.15) is 5.10 Å². The minimum Gasteiger partial charge on any atom is -0.377 e. The monoisotopic (exact) mass is 519 g/mol. The number of aryl methyl sites for hydroxylation is 1. The van der Waals surface area contributed by atoms with Crippen molar-refractivity contribution >= 4 is 34.5 Å². The Morgan fingerprint density at radius 1 is 1.00 bits per heavy atom. The maximum atomic E-state index is 11.3. The summed E-state index contributed by atoms with van der Waals surface area (Å²) >= 11 is 1.76. The van der Waals surface area contributed by atoms with Gasteiger partial charge in [-0.3, -0.25) is 4.79 Å². The number of fused-ring (bicyclic) bond motifs is 1. The molecule has 0 unspecified atom stereocenters. The summed E-state index contributed by atoms with van der Waals surface area (Å²) in [6.07, 6.45) is 8.25. The Balaban J connectivity index is 1.36. The lowest BCUT2D eigenvalue weighted by Gasteiger charge is -2.13. The third kappa shape index (κ3) is 4.73. The number of carbonyl (C=O) groups is 1. The van der Waals surface area contributed by atoms with Crippen molar-refractivity contribution in [1.82, 2.24) is 14.3 Å². The molecule has 2 aromatic heterocycles. The molecule has 0 bridgehead atoms. The average molecular weight is 520 g/mol. The molecule has 3 aromatic carbocycles. The Hall–Kier alpha value is -3.87. The van der Waals surface area contributed by atoms with E-state index in [1.807, 2.05) is 17.7 Å². The molecule has 190 valence electrons. The molecular formula is C32H29N3O2S. The van der Waals surface area contributed by atoms with Crippen LogP contribution in [0.5, 0.6) is 0 Å². The second-order valence-electron chi connectivity index (χ2n) is 9.59. The van der Waals surface area contributed by atoms with E-state index in [2.05, 4.69) is 94.9 Å². The molecule has 0 amide bonds. The van der Waals surface area contributed by atoms with Crippen LogP contribution in [0.25, 0.3) is 33.3 Å². The summed E-state index contributed by atoms with van der Waals surface area (Å²) in [7, 11) is 0. The largest absolute Gasteiger partial charge is 0.377 e. The van der Waals surface area contributed by atoms with Crippen LogP contribution in [0.4, 0.5) is 0 Å². The maximum Gasteiger partial charge on any atom is 0.170 e. The van der Waals surface area contributed by atoms with E-state index in [-0.39, 0.29) is 0 Å². The van der Waals surface area contributed by atoms with Crippen molar-refractivity contribution < 1.29 is 9.53 Å². The van der Waals surface area contributed by atoms with Crippen molar-refractivity contribution in [2.24, 2.45) is 0 Å². The molecule has 0 radical (unpaired) electrons. The molecule has 1 aliphatic rings. The molecule has 6 heteroatoms. The lowest BCUT2D eigenvalue weighted by Crippen LogP contribution is -2.03. The number of hydrogen-bond donors (Lipinski definition) is 0. The van der Waals surface area contributed by atoms with Gasteiger partial charge < -0.3 is 9.30 Å². The van der Waals surface area contributed by atoms with Crippen LogP contribution in [0, 0.1) is 6.92 Å². The molecular weight excluding hydrogens is 490 g/mol. The van der Waals surface area contributed by atoms with Gasteiger partial charge in [0, 0.05) is 39.8 Å². The zero-order chi connectivity index (χ0) is 26.1. The molecule has 0 saturated carbocycles. The van der Waals surface area contributed by atoms with Gasteiger partial charge in [0.25, 0.3) is 0 Å². The van der Waals surface area contributed by atoms with Crippen molar-refractivity contribution in [3.05, 3.63) is 108 Å². The summed E-state index contributed by atoms with van der Waals surface area (Å²) in [5.41, 5.74) is 9.75. The molecule has 3 heterocycles. The van der Waals surface area contributed by atoms with Crippen molar-refractivity contribution in [1.29, 1.82) is 0 Å². The molecule has 1 aliphatic heterocycles. The smallest absolute Gasteiger partial charge is 0.170 e. The first-order chi connectivity index (χ1) is 18.6. The fourth-order valence-electron chi connectivity index (χ4n) is 5.18. The fraction of sp³-hybridized carbons (Fsp3) is 0.188. The Kier molecular flexibility index (Phi) is 6.75. The third-order valence-corrected chi connectivity index (χ3v) is 7.92. The van der Waals surface area contributed by atoms with Crippen molar-refractivity contribution in [2.75, 3.05) is 19.5 Å². The second-order valence-corrected chi connectivity index (χ2v) is 10.5. The molecule has 0 aliphatic carbocycles. The molecule has 0 atom stereocenters. The molecule has 5 nitrogen and oxygen atoms in total. The van der Waals surface area contributed by atoms with Crippen LogP contribution >= 0.6 is 11.8 Å². The summed E-state index contributed by atoms with van der Waals surface area (Å²) in [5.74, 6) is 0. The quantitative estimate of drug-likeness (QED) is 0.169. The van der Waals surface area contributed by atoms with Crippen molar-refractivity contribution in [3.63, 3.8) is 0 Å². The van der Waals surface area contributed by atoms with E-state index in [9.17, 15) is 4.79 Å². The van der Waals surface area contributed by atoms with Gasteiger partial charge in [0.1, 0.15) is 5.69 Å². The number of ether oxygens (including phenoxy) is 1. The highest BCUT2D eigenvalue weighted by atomic mass is 32.2. The number of thioether (sulfide) groups is 1. The first-order valence-corrected chi connectivity index (χ1v) is 14.0. The van der Waals surface area contributed by atoms with Gasteiger partial charge in [-0.1, -0.05) is 42.5 Å². The molecule has 6 rings (SSSR count). The van der Waals surface area contributed by atoms with E-state index in [1.54, 1.807) is 11.8 Å². The summed E-state index contributed by atoms with van der Waals surface area (Å²) < 4.78 is 9.76. The minimum absolute atomic E-state index is 0.441. The van der Waals surface area contributed by atoms with Crippen LogP contribution in [0.2, 0.25) is 0 Å². The van der Waals surface area contributed by atoms with Crippen molar-refractivity contribution in [3.8, 4) is 16.8 Å². The highest BCUT2D eigenvalue weighted by Gasteiger charge is 2.16. The first kappa shape index (κ1) is 24.5. The lowest BCUT2D eigenvalue weighted by molar-refractivity contribution is 0.111. The molecule has 5 aromatic rings. The van der Waals surface area contributed by atoms with Crippen molar-refractivity contribution in [2.45, 2.75) is 24.8 Å². The van der Waals surface area contributed by atoms with E-state index in [1.165, 1.54) is 43.6 Å². The first-order valence-electron chi connectivity index (χ1n) is 12.8. The Labute approximate surface area is 226 Å². The van der Waals surface area contributed by atoms with Gasteiger partial charge in [0.15, 0.2) is 6.29 Å². The summed E-state index contributed by atoms with van der Waals surface area (Å²) in [6.45, 7) is 4.13. The number of aromatic nitrogens is 3. The van der Waals surface area contributed by atoms with E-state index in [0.29, 0.717) is 12.3 Å². The minimum atomic E-state index is 0.441. The summed E-state index contributed by atoms with van der Waals surface area (Å²) in [5, 5.41) is 5.65. The Morgan fingerprint density at radius 2 is 1.76 bits per heavy atom. The topological polar surface area (TPSA) is 49.0 Å². The number of nitrogens with zero attached hydrogens (tertiary/aromatic N) is 3. The number of benzene rings is 3. The zero-order valence-corrected chi connectivity index (χ0v) is 22.4. The van der Waals surface area contributed by atoms with E-state index < -0.39 is 0 Å². The average Bonchev–Trinajstić information content (AvgIpc) is 3.53. The molecule has 0 spiro atoms. The van der Waals surface area contributed by atoms with Gasteiger partial charge in [-0.15, -0.1) is 11.8 Å². The van der Waals surface area contributed by atoms with Crippen LogP contribution in [0.15, 0.2) is 90.0 Å². The highest BCUT2D eigenvalue weighted by Crippen LogP contribution is 2.33. The van der Waals surface area contributed by atoms with Gasteiger partial charge in [-0.05, 0) is 78.3 Å². The van der Waals surface area contributed by atoms with Gasteiger partial charge in [-0.25, -0.2) is 4.68 Å². The molecule has 0 fully saturated rings. The van der Waals surface area contributed by atoms with Gasteiger partial charge in [0.2, 0.25) is 0 Å². The normalized spacial score (nSPS) is 13.6. The van der Waals surface area contributed by atoms with Crippen LogP contribution in [-0.2, 0) is 11.3 Å². The maximum absolute atomic E-state index is 11.3. The van der Waals surface area contributed by atoms with E-state index in [0.717, 1.165) is 37.2 Å². The van der Waals surface area contributed by atoms with E-state index >= 15 is 0 Å². The lowest BCUT2D eigenvalue weighted by atomic mass is 10.0. The SMILES string of the molecule is CSc1ccc(-c2ccc(Cn3cc(C4=CCOCC4)c4cc(-n5nc(C=O)cc5C)ccc43)cc2)cc1. The summed E-state index contributed by atoms with van der Waals surface area (Å²) in [4.78, 5) is 12.6. The zero-order valence-electron chi connectivity index (χ0n) is 21.6. The standard InChI is InChI=1S/C32H29N3O2S/c1-22-17-27(21-36)33-35(22)28-9-12-32-30(18-28)31(26-13-15-37-16-14-26)20-34(32)19-23-3-5-24(6-4-23)25-7-10-29(38-2)11-8-25/h3-13,17-18,20-21H,14-16,19H2,1-2H3. The van der Waals surface area contributed by atoms with Gasteiger partial charge in [0.05, 0.1) is 18.9 Å². The predicted molar refractivity (Wildman–Crippen MR) is 155 cm³/mol. The Morgan fingerprint density at radius 3 is 2.42 bits per heavy atom. The van der Waals surface area contributed by atoms with Crippen LogP contribution in [0.3, 0.4) is 0 Å². The van der Waals surface area contributed by atoms with Crippen LogP contribution in [0.1, 0.15) is 33.7 Å². The molecule has 38 heavy (non-hydrogen) atoms. The molecule has 0 saturated heterocycles. The second kappa shape index (κ2) is 10.5. The van der Waals surface area contributed by atoms with Crippen LogP contribution < -0.4 is 0 Å². The predicted octanol–water partition coefficient (Wildman–Crippen LogP) is 7.19. The highest BCUT2D eigenvalue weighted by molar-refractivity contribution is 7.98. The summed E-state index contributed by atoms with van der Waals surface area (Å²) in [6, 6.07) is 25.8. The number of aldehydes is 1. The number of hydrogen-bond acceptors (Lipinski definition) is 4. The molecule has 0 N–H and O–H groups in total. The number of carbonyl (C=O) groups excluding carboxylic acids is 1. The Bertz CT molecular complexity index is 1640. The van der Waals surface area contributed by atoms with Gasteiger partial charge >= 0.3 is 0 Å². The van der Waals surface area contributed by atoms with Crippen LogP contribution in [-0.4, -0.2) is 40.1 Å². The number of rotatable bonds is 7.